The molecule has 0 saturated carbocycles. The van der Waals surface area contributed by atoms with Gasteiger partial charge >= 0.3 is 0 Å². The van der Waals surface area contributed by atoms with Gasteiger partial charge in [-0.15, -0.1) is 0 Å². The zero-order valence-corrected chi connectivity index (χ0v) is 13.7. The van der Waals surface area contributed by atoms with Crippen molar-refractivity contribution in [1.29, 1.82) is 0 Å². The summed E-state index contributed by atoms with van der Waals surface area (Å²) in [5, 5.41) is 5.32. The number of allylic oxidation sites excluding steroid dienone is 4. The van der Waals surface area contributed by atoms with Gasteiger partial charge in [0.25, 0.3) is 0 Å². The normalized spacial score (nSPS) is 17.7. The van der Waals surface area contributed by atoms with E-state index in [0.29, 0.717) is 5.92 Å². The minimum atomic E-state index is 0.627. The summed E-state index contributed by atoms with van der Waals surface area (Å²) in [6.45, 7) is 2.27. The monoisotopic (exact) mass is 309 g/mol. The summed E-state index contributed by atoms with van der Waals surface area (Å²) in [4.78, 5) is 0. The van der Waals surface area contributed by atoms with E-state index in [0.717, 1.165) is 6.42 Å². The van der Waals surface area contributed by atoms with Gasteiger partial charge in [-0.1, -0.05) is 67.6 Å². The van der Waals surface area contributed by atoms with Gasteiger partial charge < -0.3 is 4.57 Å². The lowest BCUT2D eigenvalue weighted by Crippen LogP contribution is -2.00. The number of nitrogens with zero attached hydrogens (tertiary/aromatic N) is 1. The predicted molar refractivity (Wildman–Crippen MR) is 104 cm³/mol. The van der Waals surface area contributed by atoms with Crippen LogP contribution in [-0.4, -0.2) is 4.57 Å². The molecule has 0 radical (unpaired) electrons. The third kappa shape index (κ3) is 1.88. The van der Waals surface area contributed by atoms with Crippen molar-refractivity contribution in [1.82, 2.24) is 4.57 Å². The highest BCUT2D eigenvalue weighted by Gasteiger charge is 2.15. The predicted octanol–water partition coefficient (Wildman–Crippen LogP) is 6.38. The molecule has 1 aromatic heterocycles. The number of rotatable bonds is 1. The van der Waals surface area contributed by atoms with E-state index in [1.807, 2.05) is 0 Å². The Morgan fingerprint density at radius 3 is 2.46 bits per heavy atom. The van der Waals surface area contributed by atoms with Gasteiger partial charge in [0.05, 0.1) is 11.0 Å². The highest BCUT2D eigenvalue weighted by Crippen LogP contribution is 2.37. The quantitative estimate of drug-likeness (QED) is 0.384. The van der Waals surface area contributed by atoms with Crippen LogP contribution in [0.1, 0.15) is 13.3 Å². The van der Waals surface area contributed by atoms with E-state index >= 15 is 0 Å². The van der Waals surface area contributed by atoms with E-state index in [1.165, 1.54) is 38.3 Å². The van der Waals surface area contributed by atoms with Crippen LogP contribution >= 0.6 is 0 Å². The van der Waals surface area contributed by atoms with Crippen LogP contribution < -0.4 is 0 Å². The van der Waals surface area contributed by atoms with Gasteiger partial charge in [0.15, 0.2) is 0 Å². The molecule has 1 nitrogen and oxygen atoms in total. The standard InChI is InChI=1S/C23H19N/c1-16-10-13-18(14-11-16)24-21-9-5-4-8-20(21)23-19-7-3-2-6-17(19)12-15-22(23)24/h2-10,12-16H,11H2,1H3. The molecule has 0 N–H and O–H groups in total. The van der Waals surface area contributed by atoms with Gasteiger partial charge in [0.1, 0.15) is 0 Å². The van der Waals surface area contributed by atoms with Crippen molar-refractivity contribution in [2.75, 3.05) is 0 Å². The Morgan fingerprint density at radius 2 is 1.62 bits per heavy atom. The van der Waals surface area contributed by atoms with Gasteiger partial charge in [0.2, 0.25) is 0 Å². The second-order valence-electron chi connectivity index (χ2n) is 6.73. The maximum atomic E-state index is 2.42. The molecule has 24 heavy (non-hydrogen) atoms. The minimum Gasteiger partial charge on any atom is -0.310 e. The molecule has 0 spiro atoms. The fourth-order valence-electron chi connectivity index (χ4n) is 3.90. The molecule has 0 saturated heterocycles. The Hall–Kier alpha value is -2.80. The van der Waals surface area contributed by atoms with Crippen molar-refractivity contribution < 1.29 is 0 Å². The molecule has 5 rings (SSSR count). The molecule has 0 fully saturated rings. The van der Waals surface area contributed by atoms with Gasteiger partial charge in [-0.25, -0.2) is 0 Å². The molecule has 0 aliphatic heterocycles. The molecule has 3 aromatic carbocycles. The van der Waals surface area contributed by atoms with Crippen molar-refractivity contribution in [3.05, 3.63) is 78.9 Å². The van der Waals surface area contributed by atoms with Crippen molar-refractivity contribution in [2.45, 2.75) is 13.3 Å². The van der Waals surface area contributed by atoms with E-state index in [-0.39, 0.29) is 0 Å². The highest BCUT2D eigenvalue weighted by atomic mass is 15.0. The van der Waals surface area contributed by atoms with Crippen LogP contribution in [0.4, 0.5) is 0 Å². The Bertz CT molecular complexity index is 1140. The van der Waals surface area contributed by atoms with Gasteiger partial charge in [-0.2, -0.15) is 0 Å². The molecule has 1 unspecified atom stereocenters. The van der Waals surface area contributed by atoms with E-state index in [4.69, 9.17) is 0 Å². The topological polar surface area (TPSA) is 4.93 Å². The van der Waals surface area contributed by atoms with E-state index in [9.17, 15) is 0 Å². The zero-order chi connectivity index (χ0) is 16.1. The van der Waals surface area contributed by atoms with Crippen LogP contribution in [-0.2, 0) is 0 Å². The third-order valence-corrected chi connectivity index (χ3v) is 5.11. The Kier molecular flexibility index (Phi) is 2.90. The smallest absolute Gasteiger partial charge is 0.0547 e. The third-order valence-electron chi connectivity index (χ3n) is 5.11. The first-order valence-corrected chi connectivity index (χ1v) is 8.62. The fraction of sp³-hybridized carbons (Fsp3) is 0.130. The van der Waals surface area contributed by atoms with Gasteiger partial charge in [-0.05, 0) is 41.3 Å². The SMILES string of the molecule is CC1C=CC(n2c3ccccc3c3c4ccccc4ccc32)=CC1. The van der Waals surface area contributed by atoms with Crippen molar-refractivity contribution in [3.63, 3.8) is 0 Å². The average molecular weight is 309 g/mol. The zero-order valence-electron chi connectivity index (χ0n) is 13.7. The minimum absolute atomic E-state index is 0.627. The molecule has 1 heterocycles. The Morgan fingerprint density at radius 1 is 0.833 bits per heavy atom. The van der Waals surface area contributed by atoms with Crippen LogP contribution in [0.15, 0.2) is 78.9 Å². The fourth-order valence-corrected chi connectivity index (χ4v) is 3.90. The summed E-state index contributed by atoms with van der Waals surface area (Å²) >= 11 is 0. The lowest BCUT2D eigenvalue weighted by Gasteiger charge is -2.15. The molecule has 4 aromatic rings. The molecule has 1 heteroatoms. The first-order chi connectivity index (χ1) is 11.8. The van der Waals surface area contributed by atoms with Crippen LogP contribution in [0.5, 0.6) is 0 Å². The maximum Gasteiger partial charge on any atom is 0.0547 e. The summed E-state index contributed by atoms with van der Waals surface area (Å²) in [6.07, 6.45) is 8.06. The molecule has 116 valence electrons. The van der Waals surface area contributed by atoms with E-state index < -0.39 is 0 Å². The number of fused-ring (bicyclic) bond motifs is 5. The maximum absolute atomic E-state index is 2.42. The van der Waals surface area contributed by atoms with Gasteiger partial charge in [0, 0.05) is 16.5 Å². The Balaban J connectivity index is 1.96. The summed E-state index contributed by atoms with van der Waals surface area (Å²) in [5.41, 5.74) is 3.87. The molecule has 0 amide bonds. The average Bonchev–Trinajstić information content (AvgIpc) is 2.97. The molecular formula is C23H19N. The first-order valence-electron chi connectivity index (χ1n) is 8.62. The molecule has 0 bridgehead atoms. The van der Waals surface area contributed by atoms with Crippen molar-refractivity contribution in [3.8, 4) is 0 Å². The van der Waals surface area contributed by atoms with Crippen molar-refractivity contribution in [2.24, 2.45) is 5.92 Å². The summed E-state index contributed by atoms with van der Waals surface area (Å²) in [6, 6.07) is 21.9. The summed E-state index contributed by atoms with van der Waals surface area (Å²) in [7, 11) is 0. The molecular weight excluding hydrogens is 290 g/mol. The highest BCUT2D eigenvalue weighted by molar-refractivity contribution is 6.21. The number of para-hydroxylation sites is 1. The number of benzene rings is 3. The van der Waals surface area contributed by atoms with Crippen LogP contribution in [0, 0.1) is 5.92 Å². The number of hydrogen-bond acceptors (Lipinski definition) is 0. The molecule has 1 atom stereocenters. The van der Waals surface area contributed by atoms with Crippen LogP contribution in [0.2, 0.25) is 0 Å². The lowest BCUT2D eigenvalue weighted by atomic mass is 10.0. The largest absolute Gasteiger partial charge is 0.310 e. The van der Waals surface area contributed by atoms with E-state index in [1.54, 1.807) is 0 Å². The summed E-state index contributed by atoms with van der Waals surface area (Å²) < 4.78 is 2.42. The molecule has 1 aliphatic carbocycles. The first kappa shape index (κ1) is 13.6. The number of hydrogen-bond donors (Lipinski definition) is 0. The second-order valence-corrected chi connectivity index (χ2v) is 6.73. The summed E-state index contributed by atoms with van der Waals surface area (Å²) in [5.74, 6) is 0.627. The van der Waals surface area contributed by atoms with Crippen molar-refractivity contribution >= 4 is 38.3 Å². The van der Waals surface area contributed by atoms with Crippen LogP contribution in [0.25, 0.3) is 38.3 Å². The van der Waals surface area contributed by atoms with E-state index in [2.05, 4.69) is 90.4 Å². The lowest BCUT2D eigenvalue weighted by molar-refractivity contribution is 0.735. The van der Waals surface area contributed by atoms with Crippen LogP contribution in [0.3, 0.4) is 0 Å². The Labute approximate surface area is 141 Å². The van der Waals surface area contributed by atoms with Gasteiger partial charge in [-0.3, -0.25) is 0 Å². The second kappa shape index (κ2) is 5.10. The molecule has 1 aliphatic rings. The number of aromatic nitrogens is 1.